The second kappa shape index (κ2) is 5.75. The van der Waals surface area contributed by atoms with Crippen molar-refractivity contribution in [1.29, 1.82) is 0 Å². The molecule has 0 aliphatic carbocycles. The molecule has 4 heteroatoms. The van der Waals surface area contributed by atoms with E-state index in [1.165, 1.54) is 6.07 Å². The Bertz CT molecular complexity index is 682. The summed E-state index contributed by atoms with van der Waals surface area (Å²) in [6.45, 7) is 5.63. The number of benzene rings is 2. The van der Waals surface area contributed by atoms with Gasteiger partial charge in [-0.3, -0.25) is 4.79 Å². The second-order valence-corrected chi connectivity index (χ2v) is 5.71. The van der Waals surface area contributed by atoms with E-state index >= 15 is 0 Å². The van der Waals surface area contributed by atoms with Crippen molar-refractivity contribution in [2.45, 2.75) is 20.8 Å². The van der Waals surface area contributed by atoms with Crippen LogP contribution in [0.4, 0.5) is 10.1 Å². The van der Waals surface area contributed by atoms with E-state index < -0.39 is 5.82 Å². The zero-order valence-corrected chi connectivity index (χ0v) is 13.1. The molecule has 0 atom stereocenters. The van der Waals surface area contributed by atoms with Gasteiger partial charge in [0.05, 0.1) is 4.47 Å². The third kappa shape index (κ3) is 3.07. The molecule has 2 aromatic carbocycles. The quantitative estimate of drug-likeness (QED) is 0.841. The van der Waals surface area contributed by atoms with Gasteiger partial charge < -0.3 is 5.32 Å². The largest absolute Gasteiger partial charge is 0.322 e. The number of nitrogens with one attached hydrogen (secondary N) is 1. The highest BCUT2D eigenvalue weighted by atomic mass is 79.9. The summed E-state index contributed by atoms with van der Waals surface area (Å²) in [6.07, 6.45) is 0. The molecular formula is C16H15BrFNO. The van der Waals surface area contributed by atoms with Crippen LogP contribution in [0.2, 0.25) is 0 Å². The Kier molecular flexibility index (Phi) is 4.23. The maximum Gasteiger partial charge on any atom is 0.255 e. The fraction of sp³-hybridized carbons (Fsp3) is 0.188. The van der Waals surface area contributed by atoms with Gasteiger partial charge in [-0.15, -0.1) is 0 Å². The summed E-state index contributed by atoms with van der Waals surface area (Å²) in [4.78, 5) is 12.3. The maximum absolute atomic E-state index is 13.6. The van der Waals surface area contributed by atoms with Gasteiger partial charge >= 0.3 is 0 Å². The highest BCUT2D eigenvalue weighted by Gasteiger charge is 2.12. The summed E-state index contributed by atoms with van der Waals surface area (Å²) in [5, 5.41) is 2.76. The van der Waals surface area contributed by atoms with Crippen molar-refractivity contribution in [3.05, 3.63) is 62.9 Å². The van der Waals surface area contributed by atoms with E-state index in [1.54, 1.807) is 6.07 Å². The fourth-order valence-electron chi connectivity index (χ4n) is 1.95. The van der Waals surface area contributed by atoms with Gasteiger partial charge in [-0.2, -0.15) is 0 Å². The van der Waals surface area contributed by atoms with Crippen molar-refractivity contribution in [1.82, 2.24) is 0 Å². The summed E-state index contributed by atoms with van der Waals surface area (Å²) in [5.41, 5.74) is 3.80. The van der Waals surface area contributed by atoms with Crippen LogP contribution >= 0.6 is 15.9 Å². The van der Waals surface area contributed by atoms with E-state index in [1.807, 2.05) is 39.0 Å². The van der Waals surface area contributed by atoms with Crippen LogP contribution in [0.15, 0.2) is 34.8 Å². The number of amides is 1. The molecule has 0 aliphatic heterocycles. The molecule has 0 unspecified atom stereocenters. The average molecular weight is 336 g/mol. The van der Waals surface area contributed by atoms with Crippen molar-refractivity contribution in [2.75, 3.05) is 5.32 Å². The van der Waals surface area contributed by atoms with Crippen molar-refractivity contribution < 1.29 is 9.18 Å². The molecule has 2 rings (SSSR count). The number of carbonyl (C=O) groups is 1. The molecule has 0 bridgehead atoms. The molecular weight excluding hydrogens is 321 g/mol. The van der Waals surface area contributed by atoms with Gasteiger partial charge in [-0.05, 0) is 66.0 Å². The predicted octanol–water partition coefficient (Wildman–Crippen LogP) is 4.77. The van der Waals surface area contributed by atoms with Gasteiger partial charge in [0.25, 0.3) is 5.91 Å². The molecule has 20 heavy (non-hydrogen) atoms. The molecule has 0 saturated carbocycles. The molecule has 1 amide bonds. The van der Waals surface area contributed by atoms with E-state index in [0.29, 0.717) is 15.7 Å². The predicted molar refractivity (Wildman–Crippen MR) is 82.7 cm³/mol. The highest BCUT2D eigenvalue weighted by molar-refractivity contribution is 9.10. The molecule has 2 aromatic rings. The molecule has 0 saturated heterocycles. The number of halogens is 2. The lowest BCUT2D eigenvalue weighted by Crippen LogP contribution is -2.14. The Balaban J connectivity index is 2.32. The first-order chi connectivity index (χ1) is 9.38. The lowest BCUT2D eigenvalue weighted by atomic mass is 10.0. The van der Waals surface area contributed by atoms with Gasteiger partial charge in [0, 0.05) is 11.3 Å². The molecule has 2 nitrogen and oxygen atoms in total. The Labute approximate surface area is 126 Å². The normalized spacial score (nSPS) is 10.4. The topological polar surface area (TPSA) is 29.1 Å². The standard InChI is InChI=1S/C16H15BrFNO/c1-9-4-5-10(2)12(6-9)16(20)19-15-8-14(18)13(17)7-11(15)3/h4-8H,1-3H3,(H,19,20). The minimum absolute atomic E-state index is 0.226. The summed E-state index contributed by atoms with van der Waals surface area (Å²) in [6, 6.07) is 8.65. The first-order valence-corrected chi connectivity index (χ1v) is 7.02. The smallest absolute Gasteiger partial charge is 0.255 e. The van der Waals surface area contributed by atoms with E-state index in [4.69, 9.17) is 0 Å². The molecule has 0 fully saturated rings. The van der Waals surface area contributed by atoms with Gasteiger partial charge in [-0.25, -0.2) is 4.39 Å². The summed E-state index contributed by atoms with van der Waals surface area (Å²) >= 11 is 3.12. The van der Waals surface area contributed by atoms with Crippen LogP contribution in [0.5, 0.6) is 0 Å². The Morgan fingerprint density at radius 1 is 1.10 bits per heavy atom. The first kappa shape index (κ1) is 14.7. The van der Waals surface area contributed by atoms with Crippen LogP contribution in [0.1, 0.15) is 27.0 Å². The van der Waals surface area contributed by atoms with Crippen molar-refractivity contribution >= 4 is 27.5 Å². The van der Waals surface area contributed by atoms with Crippen LogP contribution in [0.25, 0.3) is 0 Å². The third-order valence-corrected chi connectivity index (χ3v) is 3.76. The lowest BCUT2D eigenvalue weighted by molar-refractivity contribution is 0.102. The van der Waals surface area contributed by atoms with Crippen LogP contribution in [-0.4, -0.2) is 5.91 Å². The Morgan fingerprint density at radius 3 is 2.50 bits per heavy atom. The highest BCUT2D eigenvalue weighted by Crippen LogP contribution is 2.24. The number of hydrogen-bond donors (Lipinski definition) is 1. The number of aryl methyl sites for hydroxylation is 3. The van der Waals surface area contributed by atoms with E-state index in [0.717, 1.165) is 16.7 Å². The van der Waals surface area contributed by atoms with E-state index in [-0.39, 0.29) is 5.91 Å². The minimum Gasteiger partial charge on any atom is -0.322 e. The van der Waals surface area contributed by atoms with Crippen LogP contribution in [0, 0.1) is 26.6 Å². The summed E-state index contributed by atoms with van der Waals surface area (Å²) in [5.74, 6) is -0.622. The molecule has 0 spiro atoms. The minimum atomic E-state index is -0.396. The zero-order valence-electron chi connectivity index (χ0n) is 11.6. The van der Waals surface area contributed by atoms with Crippen molar-refractivity contribution in [3.63, 3.8) is 0 Å². The Hall–Kier alpha value is -1.68. The van der Waals surface area contributed by atoms with Gasteiger partial charge in [0.2, 0.25) is 0 Å². The van der Waals surface area contributed by atoms with Crippen molar-refractivity contribution in [3.8, 4) is 0 Å². The maximum atomic E-state index is 13.6. The van der Waals surface area contributed by atoms with E-state index in [2.05, 4.69) is 21.2 Å². The molecule has 0 aromatic heterocycles. The second-order valence-electron chi connectivity index (χ2n) is 4.85. The van der Waals surface area contributed by atoms with Gasteiger partial charge in [0.15, 0.2) is 0 Å². The molecule has 1 N–H and O–H groups in total. The van der Waals surface area contributed by atoms with Crippen LogP contribution < -0.4 is 5.32 Å². The SMILES string of the molecule is Cc1ccc(C)c(C(=O)Nc2cc(F)c(Br)cc2C)c1. The van der Waals surface area contributed by atoms with Gasteiger partial charge in [-0.1, -0.05) is 17.7 Å². The number of carbonyl (C=O) groups excluding carboxylic acids is 1. The number of anilines is 1. The van der Waals surface area contributed by atoms with Gasteiger partial charge in [0.1, 0.15) is 5.82 Å². The average Bonchev–Trinajstić information content (AvgIpc) is 2.38. The third-order valence-electron chi connectivity index (χ3n) is 3.15. The molecule has 0 heterocycles. The van der Waals surface area contributed by atoms with Crippen molar-refractivity contribution in [2.24, 2.45) is 0 Å². The monoisotopic (exact) mass is 335 g/mol. The Morgan fingerprint density at radius 2 is 1.80 bits per heavy atom. The van der Waals surface area contributed by atoms with Crippen LogP contribution in [-0.2, 0) is 0 Å². The fourth-order valence-corrected chi connectivity index (χ4v) is 2.41. The molecule has 104 valence electrons. The number of rotatable bonds is 2. The summed E-state index contributed by atoms with van der Waals surface area (Å²) < 4.78 is 13.9. The zero-order chi connectivity index (χ0) is 14.9. The van der Waals surface area contributed by atoms with E-state index in [9.17, 15) is 9.18 Å². The molecule has 0 radical (unpaired) electrons. The summed E-state index contributed by atoms with van der Waals surface area (Å²) in [7, 11) is 0. The van der Waals surface area contributed by atoms with Crippen LogP contribution in [0.3, 0.4) is 0 Å². The molecule has 0 aliphatic rings. The lowest BCUT2D eigenvalue weighted by Gasteiger charge is -2.11. The first-order valence-electron chi connectivity index (χ1n) is 6.22. The number of hydrogen-bond acceptors (Lipinski definition) is 1.